The topological polar surface area (TPSA) is 21.6 Å². The van der Waals surface area contributed by atoms with Crippen molar-refractivity contribution >= 4 is 18.2 Å². The number of hydrogen-bond acceptors (Lipinski definition) is 3. The summed E-state index contributed by atoms with van der Waals surface area (Å²) in [4.78, 5) is 0. The van der Waals surface area contributed by atoms with Crippen molar-refractivity contribution in [3.05, 3.63) is 0 Å². The van der Waals surface area contributed by atoms with Gasteiger partial charge in [-0.2, -0.15) is 0 Å². The third-order valence-corrected chi connectivity index (χ3v) is 2.25. The Kier molecular flexibility index (Phi) is 7.28. The number of unbranched alkanes of at least 4 members (excludes halogenated alkanes) is 1. The van der Waals surface area contributed by atoms with Crippen LogP contribution in [-0.2, 0) is 4.74 Å². The lowest BCUT2D eigenvalue weighted by atomic mass is 10.3. The molecular formula is C11H23NOS. The molecule has 14 heavy (non-hydrogen) atoms. The largest absolute Gasteiger partial charge is 0.373 e. The van der Waals surface area contributed by atoms with Crippen molar-refractivity contribution in [2.45, 2.75) is 58.3 Å². The molecule has 0 spiro atoms. The van der Waals surface area contributed by atoms with Crippen LogP contribution in [0.15, 0.2) is 4.40 Å². The zero-order chi connectivity index (χ0) is 11.0. The SMILES string of the molecule is CCCCO[C@@H](C)/C=N/SC(C)(C)C. The molecule has 0 heterocycles. The average molecular weight is 217 g/mol. The zero-order valence-corrected chi connectivity index (χ0v) is 10.9. The summed E-state index contributed by atoms with van der Waals surface area (Å²) < 4.78 is 10.0. The lowest BCUT2D eigenvalue weighted by Gasteiger charge is -2.13. The van der Waals surface area contributed by atoms with Crippen LogP contribution in [0.5, 0.6) is 0 Å². The maximum atomic E-state index is 5.53. The Bertz CT molecular complexity index is 163. The number of ether oxygens (including phenoxy) is 1. The van der Waals surface area contributed by atoms with Crippen molar-refractivity contribution in [2.75, 3.05) is 6.61 Å². The number of hydrogen-bond donors (Lipinski definition) is 0. The second kappa shape index (κ2) is 7.30. The lowest BCUT2D eigenvalue weighted by molar-refractivity contribution is 0.110. The van der Waals surface area contributed by atoms with Crippen LogP contribution in [0.3, 0.4) is 0 Å². The van der Waals surface area contributed by atoms with Gasteiger partial charge in [0.15, 0.2) is 0 Å². The highest BCUT2D eigenvalue weighted by atomic mass is 32.2. The molecule has 0 fully saturated rings. The fourth-order valence-corrected chi connectivity index (χ4v) is 1.28. The first-order chi connectivity index (χ1) is 6.45. The predicted octanol–water partition coefficient (Wildman–Crippen LogP) is 3.71. The molecule has 0 aromatic rings. The van der Waals surface area contributed by atoms with Crippen LogP contribution in [0.1, 0.15) is 47.5 Å². The molecule has 84 valence electrons. The molecule has 0 aliphatic rings. The summed E-state index contributed by atoms with van der Waals surface area (Å²) >= 11 is 1.59. The molecule has 0 aliphatic carbocycles. The second-order valence-corrected chi connectivity index (χ2v) is 6.01. The minimum Gasteiger partial charge on any atom is -0.373 e. The van der Waals surface area contributed by atoms with Gasteiger partial charge in [-0.25, -0.2) is 4.40 Å². The Hall–Kier alpha value is -0.0200. The second-order valence-electron chi connectivity index (χ2n) is 4.39. The molecule has 0 saturated carbocycles. The van der Waals surface area contributed by atoms with Crippen LogP contribution >= 0.6 is 11.9 Å². The molecule has 0 N–H and O–H groups in total. The van der Waals surface area contributed by atoms with Crippen molar-refractivity contribution in [2.24, 2.45) is 4.40 Å². The molecule has 0 rings (SSSR count). The summed E-state index contributed by atoms with van der Waals surface area (Å²) in [6, 6.07) is 0. The molecule has 0 aromatic carbocycles. The van der Waals surface area contributed by atoms with Gasteiger partial charge in [-0.3, -0.25) is 0 Å². The first-order valence-corrected chi connectivity index (χ1v) is 6.06. The molecule has 0 amide bonds. The zero-order valence-electron chi connectivity index (χ0n) is 10.0. The van der Waals surface area contributed by atoms with Crippen molar-refractivity contribution < 1.29 is 4.74 Å². The van der Waals surface area contributed by atoms with E-state index in [9.17, 15) is 0 Å². The van der Waals surface area contributed by atoms with Gasteiger partial charge >= 0.3 is 0 Å². The fourth-order valence-electron chi connectivity index (χ4n) is 0.731. The monoisotopic (exact) mass is 217 g/mol. The maximum absolute atomic E-state index is 5.53. The third-order valence-electron chi connectivity index (χ3n) is 1.48. The highest BCUT2D eigenvalue weighted by Gasteiger charge is 2.09. The molecule has 0 bridgehead atoms. The van der Waals surface area contributed by atoms with Gasteiger partial charge < -0.3 is 4.74 Å². The van der Waals surface area contributed by atoms with Crippen molar-refractivity contribution in [1.29, 1.82) is 0 Å². The smallest absolute Gasteiger partial charge is 0.0904 e. The minimum atomic E-state index is 0.136. The minimum absolute atomic E-state index is 0.136. The van der Waals surface area contributed by atoms with E-state index in [-0.39, 0.29) is 10.9 Å². The Morgan fingerprint density at radius 3 is 2.57 bits per heavy atom. The Balaban J connectivity index is 3.55. The van der Waals surface area contributed by atoms with Crippen LogP contribution in [0.25, 0.3) is 0 Å². The first-order valence-electron chi connectivity index (χ1n) is 5.29. The van der Waals surface area contributed by atoms with E-state index in [0.29, 0.717) is 0 Å². The standard InChI is InChI=1S/C11H23NOS/c1-6-7-8-13-10(2)9-12-14-11(3,4)5/h9-10H,6-8H2,1-5H3/b12-9+/t10-/m0/s1. The van der Waals surface area contributed by atoms with Gasteiger partial charge in [-0.05, 0) is 46.1 Å². The highest BCUT2D eigenvalue weighted by molar-refractivity contribution is 7.99. The quantitative estimate of drug-likeness (QED) is 0.384. The van der Waals surface area contributed by atoms with E-state index in [0.717, 1.165) is 13.0 Å². The van der Waals surface area contributed by atoms with Crippen molar-refractivity contribution in [1.82, 2.24) is 0 Å². The molecule has 2 nitrogen and oxygen atoms in total. The Morgan fingerprint density at radius 2 is 2.07 bits per heavy atom. The summed E-state index contributed by atoms with van der Waals surface area (Å²) in [5.74, 6) is 0. The van der Waals surface area contributed by atoms with E-state index in [1.165, 1.54) is 6.42 Å². The molecule has 1 atom stereocenters. The summed E-state index contributed by atoms with van der Waals surface area (Å²) in [5, 5.41) is 0. The summed E-state index contributed by atoms with van der Waals surface area (Å²) in [6.45, 7) is 11.5. The van der Waals surface area contributed by atoms with E-state index in [1.807, 2.05) is 13.1 Å². The molecule has 0 aliphatic heterocycles. The molecule has 3 heteroatoms. The van der Waals surface area contributed by atoms with Gasteiger partial charge in [0.1, 0.15) is 0 Å². The maximum Gasteiger partial charge on any atom is 0.0904 e. The summed E-state index contributed by atoms with van der Waals surface area (Å²) in [6.07, 6.45) is 4.33. The van der Waals surface area contributed by atoms with Crippen LogP contribution in [0, 0.1) is 0 Å². The van der Waals surface area contributed by atoms with Crippen molar-refractivity contribution in [3.8, 4) is 0 Å². The highest BCUT2D eigenvalue weighted by Crippen LogP contribution is 2.23. The molecular weight excluding hydrogens is 194 g/mol. The van der Waals surface area contributed by atoms with Gasteiger partial charge in [-0.15, -0.1) is 0 Å². The Morgan fingerprint density at radius 1 is 1.43 bits per heavy atom. The Labute approximate surface area is 92.7 Å². The van der Waals surface area contributed by atoms with E-state index in [1.54, 1.807) is 11.9 Å². The fraction of sp³-hybridized carbons (Fsp3) is 0.909. The first kappa shape index (κ1) is 14.0. The van der Waals surface area contributed by atoms with Crippen LogP contribution in [-0.4, -0.2) is 23.7 Å². The number of nitrogens with zero attached hydrogens (tertiary/aromatic N) is 1. The van der Waals surface area contributed by atoms with E-state index in [4.69, 9.17) is 4.74 Å². The molecule has 0 aromatic heterocycles. The van der Waals surface area contributed by atoms with Crippen molar-refractivity contribution in [3.63, 3.8) is 0 Å². The predicted molar refractivity (Wildman–Crippen MR) is 66.2 cm³/mol. The van der Waals surface area contributed by atoms with E-state index < -0.39 is 0 Å². The van der Waals surface area contributed by atoms with E-state index >= 15 is 0 Å². The van der Waals surface area contributed by atoms with Crippen LogP contribution in [0.2, 0.25) is 0 Å². The van der Waals surface area contributed by atoms with Crippen LogP contribution < -0.4 is 0 Å². The molecule has 0 radical (unpaired) electrons. The average Bonchev–Trinajstić information content (AvgIpc) is 2.02. The summed E-state index contributed by atoms with van der Waals surface area (Å²) in [7, 11) is 0. The van der Waals surface area contributed by atoms with Gasteiger partial charge in [0.2, 0.25) is 0 Å². The lowest BCUT2D eigenvalue weighted by Crippen LogP contribution is -2.11. The molecule has 0 unspecified atom stereocenters. The van der Waals surface area contributed by atoms with Gasteiger partial charge in [0.25, 0.3) is 0 Å². The van der Waals surface area contributed by atoms with Gasteiger partial charge in [0, 0.05) is 17.6 Å². The van der Waals surface area contributed by atoms with Crippen LogP contribution in [0.4, 0.5) is 0 Å². The van der Waals surface area contributed by atoms with Gasteiger partial charge in [0.05, 0.1) is 6.10 Å². The third kappa shape index (κ3) is 10.1. The normalized spacial score (nSPS) is 14.9. The molecule has 0 saturated heterocycles. The van der Waals surface area contributed by atoms with Gasteiger partial charge in [-0.1, -0.05) is 13.3 Å². The number of rotatable bonds is 6. The van der Waals surface area contributed by atoms with E-state index in [2.05, 4.69) is 32.1 Å². The summed E-state index contributed by atoms with van der Waals surface area (Å²) in [5.41, 5.74) is 0.